The lowest BCUT2D eigenvalue weighted by Crippen LogP contribution is -2.30. The Labute approximate surface area is 118 Å². The molecule has 5 nitrogen and oxygen atoms in total. The highest BCUT2D eigenvalue weighted by molar-refractivity contribution is 6.14. The third kappa shape index (κ3) is 2.71. The minimum atomic E-state index is -0.411. The first-order valence-electron chi connectivity index (χ1n) is 6.25. The zero-order valence-corrected chi connectivity index (χ0v) is 11.6. The summed E-state index contributed by atoms with van der Waals surface area (Å²) < 4.78 is 0. The Morgan fingerprint density at radius 3 is 2.45 bits per heavy atom. The van der Waals surface area contributed by atoms with Crippen LogP contribution >= 0.6 is 0 Å². The number of hydrogen-bond donors (Lipinski definition) is 1. The predicted molar refractivity (Wildman–Crippen MR) is 79.2 cm³/mol. The lowest BCUT2D eigenvalue weighted by atomic mass is 10.1. The molecule has 1 aromatic carbocycles. The molecular weight excluding hydrogens is 254 g/mol. The summed E-state index contributed by atoms with van der Waals surface area (Å²) in [6, 6.07) is 7.30. The van der Waals surface area contributed by atoms with E-state index in [-0.39, 0.29) is 18.1 Å². The van der Waals surface area contributed by atoms with Crippen LogP contribution in [0.5, 0.6) is 0 Å². The second kappa shape index (κ2) is 5.61. The van der Waals surface area contributed by atoms with Crippen LogP contribution in [0.3, 0.4) is 0 Å². The van der Waals surface area contributed by atoms with Crippen LogP contribution in [0.4, 0.5) is 10.5 Å². The van der Waals surface area contributed by atoms with Crippen molar-refractivity contribution in [3.8, 4) is 0 Å². The number of anilines is 1. The Hall–Kier alpha value is -2.56. The topological polar surface area (TPSA) is 52.7 Å². The van der Waals surface area contributed by atoms with Gasteiger partial charge in [0, 0.05) is 26.3 Å². The molecule has 0 unspecified atom stereocenters. The van der Waals surface area contributed by atoms with E-state index in [4.69, 9.17) is 0 Å². The molecule has 104 valence electrons. The molecule has 3 amide bonds. The van der Waals surface area contributed by atoms with Gasteiger partial charge in [0.2, 0.25) is 0 Å². The summed E-state index contributed by atoms with van der Waals surface area (Å²) >= 11 is 0. The standard InChI is InChI=1S/C15H17N3O2/c1-4-9-18-14(19)13(16-15(18)20)10-11-5-7-12(8-6-11)17(2)3/h4-8,10H,1,9H2,2-3H3,(H,16,20)/b13-10+. The zero-order chi connectivity index (χ0) is 14.7. The molecule has 0 aromatic heterocycles. The summed E-state index contributed by atoms with van der Waals surface area (Å²) in [6.07, 6.45) is 3.19. The number of nitrogens with one attached hydrogen (secondary N) is 1. The fraction of sp³-hybridized carbons (Fsp3) is 0.200. The highest BCUT2D eigenvalue weighted by Crippen LogP contribution is 2.17. The Kier molecular flexibility index (Phi) is 3.89. The maximum absolute atomic E-state index is 12.0. The fourth-order valence-corrected chi connectivity index (χ4v) is 1.90. The molecule has 1 aliphatic rings. The zero-order valence-electron chi connectivity index (χ0n) is 11.6. The van der Waals surface area contributed by atoms with Gasteiger partial charge in [-0.05, 0) is 23.8 Å². The van der Waals surface area contributed by atoms with Gasteiger partial charge in [-0.25, -0.2) is 4.79 Å². The molecule has 0 bridgehead atoms. The van der Waals surface area contributed by atoms with Gasteiger partial charge in [-0.3, -0.25) is 9.69 Å². The second-order valence-electron chi connectivity index (χ2n) is 4.68. The van der Waals surface area contributed by atoms with Crippen LogP contribution in [0, 0.1) is 0 Å². The van der Waals surface area contributed by atoms with Crippen LogP contribution in [0.15, 0.2) is 42.6 Å². The van der Waals surface area contributed by atoms with E-state index in [2.05, 4.69) is 11.9 Å². The number of rotatable bonds is 4. The third-order valence-corrected chi connectivity index (χ3v) is 2.99. The molecule has 1 aromatic rings. The van der Waals surface area contributed by atoms with E-state index in [1.807, 2.05) is 43.3 Å². The SMILES string of the molecule is C=CCN1C(=O)N/C(=C/c2ccc(N(C)C)cc2)C1=O. The monoisotopic (exact) mass is 271 g/mol. The van der Waals surface area contributed by atoms with E-state index in [1.54, 1.807) is 6.08 Å². The number of amides is 3. The molecule has 5 heteroatoms. The number of urea groups is 1. The van der Waals surface area contributed by atoms with Crippen molar-refractivity contribution in [2.75, 3.05) is 25.5 Å². The lowest BCUT2D eigenvalue weighted by Gasteiger charge is -2.11. The van der Waals surface area contributed by atoms with Crippen molar-refractivity contribution in [2.24, 2.45) is 0 Å². The molecule has 1 N–H and O–H groups in total. The Morgan fingerprint density at radius 1 is 1.25 bits per heavy atom. The fourth-order valence-electron chi connectivity index (χ4n) is 1.90. The van der Waals surface area contributed by atoms with Crippen molar-refractivity contribution in [2.45, 2.75) is 0 Å². The van der Waals surface area contributed by atoms with Crippen LogP contribution in [-0.4, -0.2) is 37.5 Å². The van der Waals surface area contributed by atoms with Crippen molar-refractivity contribution >= 4 is 23.7 Å². The maximum atomic E-state index is 12.0. The highest BCUT2D eigenvalue weighted by Gasteiger charge is 2.32. The van der Waals surface area contributed by atoms with Crippen molar-refractivity contribution in [3.05, 3.63) is 48.2 Å². The number of hydrogen-bond acceptors (Lipinski definition) is 3. The van der Waals surface area contributed by atoms with E-state index in [0.29, 0.717) is 0 Å². The van der Waals surface area contributed by atoms with Gasteiger partial charge in [-0.2, -0.15) is 0 Å². The van der Waals surface area contributed by atoms with Crippen molar-refractivity contribution in [3.63, 3.8) is 0 Å². The summed E-state index contributed by atoms with van der Waals surface area (Å²) in [4.78, 5) is 26.7. The normalized spacial score (nSPS) is 16.5. The second-order valence-corrected chi connectivity index (χ2v) is 4.68. The molecule has 0 saturated carbocycles. The third-order valence-electron chi connectivity index (χ3n) is 2.99. The molecule has 1 saturated heterocycles. The van der Waals surface area contributed by atoms with Gasteiger partial charge in [-0.15, -0.1) is 6.58 Å². The smallest absolute Gasteiger partial charge is 0.329 e. The lowest BCUT2D eigenvalue weighted by molar-refractivity contribution is -0.122. The van der Waals surface area contributed by atoms with Crippen molar-refractivity contribution < 1.29 is 9.59 Å². The van der Waals surface area contributed by atoms with Crippen LogP contribution in [-0.2, 0) is 4.79 Å². The van der Waals surface area contributed by atoms with Crippen LogP contribution in [0.1, 0.15) is 5.56 Å². The molecular formula is C15H17N3O2. The quantitative estimate of drug-likeness (QED) is 0.516. The Morgan fingerprint density at radius 2 is 1.90 bits per heavy atom. The van der Waals surface area contributed by atoms with Gasteiger partial charge < -0.3 is 10.2 Å². The van der Waals surface area contributed by atoms with E-state index in [0.717, 1.165) is 16.2 Å². The number of imide groups is 1. The van der Waals surface area contributed by atoms with Gasteiger partial charge in [0.1, 0.15) is 5.70 Å². The average molecular weight is 271 g/mol. The van der Waals surface area contributed by atoms with E-state index in [9.17, 15) is 9.59 Å². The summed E-state index contributed by atoms with van der Waals surface area (Å²) in [5, 5.41) is 2.56. The first-order chi connectivity index (χ1) is 9.52. The molecule has 0 spiro atoms. The van der Waals surface area contributed by atoms with Gasteiger partial charge in [-0.1, -0.05) is 18.2 Å². The molecule has 1 aliphatic heterocycles. The number of nitrogens with zero attached hydrogens (tertiary/aromatic N) is 2. The molecule has 1 fully saturated rings. The molecule has 20 heavy (non-hydrogen) atoms. The average Bonchev–Trinajstić information content (AvgIpc) is 2.67. The van der Waals surface area contributed by atoms with Gasteiger partial charge in [0.15, 0.2) is 0 Å². The molecule has 1 heterocycles. The summed E-state index contributed by atoms with van der Waals surface area (Å²) in [5.41, 5.74) is 2.22. The van der Waals surface area contributed by atoms with Crippen LogP contribution < -0.4 is 10.2 Å². The largest absolute Gasteiger partial charge is 0.378 e. The molecule has 0 atom stereocenters. The van der Waals surface area contributed by atoms with E-state index >= 15 is 0 Å². The molecule has 0 radical (unpaired) electrons. The van der Waals surface area contributed by atoms with E-state index < -0.39 is 6.03 Å². The minimum absolute atomic E-state index is 0.210. The maximum Gasteiger partial charge on any atom is 0.329 e. The van der Waals surface area contributed by atoms with E-state index in [1.165, 1.54) is 6.08 Å². The van der Waals surface area contributed by atoms with Gasteiger partial charge in [0.25, 0.3) is 5.91 Å². The highest BCUT2D eigenvalue weighted by atomic mass is 16.2. The summed E-state index contributed by atoms with van der Waals surface area (Å²) in [5.74, 6) is -0.327. The van der Waals surface area contributed by atoms with Crippen molar-refractivity contribution in [1.29, 1.82) is 0 Å². The first kappa shape index (κ1) is 13.9. The van der Waals surface area contributed by atoms with Crippen LogP contribution in [0.2, 0.25) is 0 Å². The Balaban J connectivity index is 2.21. The molecule has 0 aliphatic carbocycles. The number of carbonyl (C=O) groups is 2. The van der Waals surface area contributed by atoms with Crippen LogP contribution in [0.25, 0.3) is 6.08 Å². The minimum Gasteiger partial charge on any atom is -0.378 e. The number of carbonyl (C=O) groups excluding carboxylic acids is 2. The number of benzene rings is 1. The summed E-state index contributed by atoms with van der Waals surface area (Å²) in [6.45, 7) is 3.74. The van der Waals surface area contributed by atoms with Crippen molar-refractivity contribution in [1.82, 2.24) is 10.2 Å². The Bertz CT molecular complexity index is 573. The molecule has 2 rings (SSSR count). The van der Waals surface area contributed by atoms with Gasteiger partial charge in [0.05, 0.1) is 0 Å². The first-order valence-corrected chi connectivity index (χ1v) is 6.25. The van der Waals surface area contributed by atoms with Gasteiger partial charge >= 0.3 is 6.03 Å². The predicted octanol–water partition coefficient (Wildman–Crippen LogP) is 1.83. The summed E-state index contributed by atoms with van der Waals surface area (Å²) in [7, 11) is 3.92.